The van der Waals surface area contributed by atoms with E-state index in [0.29, 0.717) is 18.8 Å². The van der Waals surface area contributed by atoms with Crippen molar-refractivity contribution < 1.29 is 14.5 Å². The molecule has 1 unspecified atom stereocenters. The Balaban J connectivity index is 0.00000312. The molecule has 0 saturated carbocycles. The molecule has 0 radical (unpaired) electrons. The smallest absolute Gasteiger partial charge is 0.296 e. The lowest BCUT2D eigenvalue weighted by Crippen LogP contribution is -2.32. The number of ether oxygens (including phenoxy) is 1. The number of halogens is 1. The maximum atomic E-state index is 12.1. The number of hydrogen-bond acceptors (Lipinski definition) is 6. The average molecular weight is 373 g/mol. The van der Waals surface area contributed by atoms with Crippen molar-refractivity contribution in [2.24, 2.45) is 11.1 Å². The number of methoxy groups -OCH3 is 1. The van der Waals surface area contributed by atoms with Crippen LogP contribution in [0.25, 0.3) is 0 Å². The Morgan fingerprint density at radius 3 is 2.80 bits per heavy atom. The Bertz CT molecular complexity index is 628. The lowest BCUT2D eigenvalue weighted by Gasteiger charge is -2.22. The van der Waals surface area contributed by atoms with Gasteiger partial charge in [-0.1, -0.05) is 6.92 Å². The fourth-order valence-corrected chi connectivity index (χ4v) is 2.85. The van der Waals surface area contributed by atoms with E-state index in [0.717, 1.165) is 19.5 Å². The first-order valence-corrected chi connectivity index (χ1v) is 7.91. The highest BCUT2D eigenvalue weighted by atomic mass is 35.5. The van der Waals surface area contributed by atoms with Crippen molar-refractivity contribution in [3.63, 3.8) is 0 Å². The van der Waals surface area contributed by atoms with Crippen molar-refractivity contribution in [2.75, 3.05) is 38.6 Å². The molecule has 0 bridgehead atoms. The van der Waals surface area contributed by atoms with Crippen LogP contribution < -0.4 is 15.8 Å². The number of nitrogens with one attached hydrogen (secondary N) is 1. The summed E-state index contributed by atoms with van der Waals surface area (Å²) in [6.45, 7) is 5.19. The Labute approximate surface area is 153 Å². The molecule has 25 heavy (non-hydrogen) atoms. The first kappa shape index (κ1) is 21.1. The molecule has 1 heterocycles. The summed E-state index contributed by atoms with van der Waals surface area (Å²) in [5, 5.41) is 13.7. The van der Waals surface area contributed by atoms with Crippen molar-refractivity contribution in [3.05, 3.63) is 28.3 Å². The Morgan fingerprint density at radius 1 is 1.52 bits per heavy atom. The predicted molar refractivity (Wildman–Crippen MR) is 98.4 cm³/mol. The minimum atomic E-state index is -0.536. The van der Waals surface area contributed by atoms with Gasteiger partial charge in [-0.2, -0.15) is 0 Å². The third-order valence-electron chi connectivity index (χ3n) is 4.46. The van der Waals surface area contributed by atoms with Gasteiger partial charge in [-0.25, -0.2) is 0 Å². The highest BCUT2D eigenvalue weighted by Gasteiger charge is 2.32. The normalized spacial score (nSPS) is 20.0. The molecule has 1 atom stereocenters. The standard InChI is InChI=1S/C16H24N4O4.ClH/c1-16(10-17)6-8-19(11-16)7-5-15(21)18-13-4-3-12(24-2)9-14(13)20(22)23;/h3-4,9H,5-8,10-11,17H2,1-2H3,(H,18,21);1H. The number of nitro groups is 1. The number of carbonyl (C=O) groups excluding carboxylic acids is 1. The van der Waals surface area contributed by atoms with Gasteiger partial charge in [0.15, 0.2) is 0 Å². The van der Waals surface area contributed by atoms with Gasteiger partial charge in [-0.3, -0.25) is 14.9 Å². The number of hydrogen-bond donors (Lipinski definition) is 2. The minimum absolute atomic E-state index is 0. The van der Waals surface area contributed by atoms with Crippen LogP contribution in [0.1, 0.15) is 19.8 Å². The summed E-state index contributed by atoms with van der Waals surface area (Å²) in [7, 11) is 1.43. The van der Waals surface area contributed by atoms with Gasteiger partial charge in [-0.05, 0) is 37.1 Å². The summed E-state index contributed by atoms with van der Waals surface area (Å²) in [6.07, 6.45) is 1.30. The summed E-state index contributed by atoms with van der Waals surface area (Å²) >= 11 is 0. The highest BCUT2D eigenvalue weighted by molar-refractivity contribution is 5.93. The number of benzene rings is 1. The van der Waals surface area contributed by atoms with Crippen LogP contribution in [0.5, 0.6) is 5.75 Å². The Hall–Kier alpha value is -1.90. The molecule has 2 rings (SSSR count). The zero-order valence-electron chi connectivity index (χ0n) is 14.5. The van der Waals surface area contributed by atoms with Gasteiger partial charge in [0.1, 0.15) is 11.4 Å². The zero-order chi connectivity index (χ0) is 17.7. The number of nitrogens with two attached hydrogens (primary N) is 1. The van der Waals surface area contributed by atoms with E-state index in [-0.39, 0.29) is 41.5 Å². The average Bonchev–Trinajstić information content (AvgIpc) is 2.95. The third kappa shape index (κ3) is 5.55. The Morgan fingerprint density at radius 2 is 2.24 bits per heavy atom. The molecular formula is C16H25ClN4O4. The van der Waals surface area contributed by atoms with Crippen LogP contribution in [-0.2, 0) is 4.79 Å². The summed E-state index contributed by atoms with van der Waals surface area (Å²) in [6, 6.07) is 4.36. The summed E-state index contributed by atoms with van der Waals surface area (Å²) in [5.74, 6) is 0.127. The number of rotatable bonds is 7. The van der Waals surface area contributed by atoms with E-state index in [9.17, 15) is 14.9 Å². The fourth-order valence-electron chi connectivity index (χ4n) is 2.85. The fraction of sp³-hybridized carbons (Fsp3) is 0.562. The lowest BCUT2D eigenvalue weighted by molar-refractivity contribution is -0.384. The van der Waals surface area contributed by atoms with Crippen LogP contribution in [0.3, 0.4) is 0 Å². The topological polar surface area (TPSA) is 111 Å². The van der Waals surface area contributed by atoms with Crippen LogP contribution in [-0.4, -0.2) is 49.0 Å². The molecule has 140 valence electrons. The summed E-state index contributed by atoms with van der Waals surface area (Å²) < 4.78 is 4.98. The molecule has 1 aliphatic heterocycles. The lowest BCUT2D eigenvalue weighted by atomic mass is 9.90. The van der Waals surface area contributed by atoms with E-state index in [2.05, 4.69) is 17.1 Å². The molecule has 1 amide bonds. The quantitative estimate of drug-likeness (QED) is 0.559. The number of nitro benzene ring substituents is 1. The van der Waals surface area contributed by atoms with E-state index >= 15 is 0 Å². The molecule has 3 N–H and O–H groups in total. The maximum absolute atomic E-state index is 12.1. The van der Waals surface area contributed by atoms with Crippen LogP contribution in [0, 0.1) is 15.5 Å². The van der Waals surface area contributed by atoms with Crippen molar-refractivity contribution >= 4 is 29.7 Å². The van der Waals surface area contributed by atoms with Crippen molar-refractivity contribution in [2.45, 2.75) is 19.8 Å². The highest BCUT2D eigenvalue weighted by Crippen LogP contribution is 2.30. The monoisotopic (exact) mass is 372 g/mol. The van der Waals surface area contributed by atoms with E-state index in [4.69, 9.17) is 10.5 Å². The van der Waals surface area contributed by atoms with Crippen molar-refractivity contribution in [1.29, 1.82) is 0 Å². The van der Waals surface area contributed by atoms with Gasteiger partial charge in [0.2, 0.25) is 5.91 Å². The van der Waals surface area contributed by atoms with Gasteiger partial charge < -0.3 is 20.7 Å². The van der Waals surface area contributed by atoms with Gasteiger partial charge in [0.05, 0.1) is 18.1 Å². The van der Waals surface area contributed by atoms with E-state index in [1.807, 2.05) is 0 Å². The number of anilines is 1. The third-order valence-corrected chi connectivity index (χ3v) is 4.46. The first-order chi connectivity index (χ1) is 11.4. The molecule has 1 saturated heterocycles. The molecule has 1 aromatic rings. The molecule has 9 heteroatoms. The predicted octanol–water partition coefficient (Wildman–Crippen LogP) is 2.02. The van der Waals surface area contributed by atoms with Crippen LogP contribution in [0.2, 0.25) is 0 Å². The summed E-state index contributed by atoms with van der Waals surface area (Å²) in [5.41, 5.74) is 5.89. The van der Waals surface area contributed by atoms with Crippen LogP contribution in [0.15, 0.2) is 18.2 Å². The second-order valence-electron chi connectivity index (χ2n) is 6.48. The molecule has 1 aromatic carbocycles. The van der Waals surface area contributed by atoms with Gasteiger partial charge in [0.25, 0.3) is 5.69 Å². The second kappa shape index (κ2) is 8.98. The van der Waals surface area contributed by atoms with Gasteiger partial charge >= 0.3 is 0 Å². The Kier molecular flexibility index (Phi) is 7.60. The van der Waals surface area contributed by atoms with Crippen LogP contribution >= 0.6 is 12.4 Å². The molecular weight excluding hydrogens is 348 g/mol. The number of likely N-dealkylation sites (tertiary alicyclic amines) is 1. The molecule has 0 aromatic heterocycles. The minimum Gasteiger partial charge on any atom is -0.496 e. The van der Waals surface area contributed by atoms with E-state index in [1.165, 1.54) is 19.2 Å². The zero-order valence-corrected chi connectivity index (χ0v) is 15.3. The second-order valence-corrected chi connectivity index (χ2v) is 6.48. The van der Waals surface area contributed by atoms with Crippen molar-refractivity contribution in [3.8, 4) is 5.75 Å². The number of carbonyl (C=O) groups is 1. The van der Waals surface area contributed by atoms with E-state index < -0.39 is 4.92 Å². The molecule has 0 spiro atoms. The van der Waals surface area contributed by atoms with E-state index in [1.54, 1.807) is 6.07 Å². The number of amides is 1. The SMILES string of the molecule is COc1ccc(NC(=O)CCN2CCC(C)(CN)C2)c([N+](=O)[O-])c1.Cl. The maximum Gasteiger partial charge on any atom is 0.296 e. The van der Waals surface area contributed by atoms with Gasteiger partial charge in [0, 0.05) is 19.5 Å². The molecule has 8 nitrogen and oxygen atoms in total. The van der Waals surface area contributed by atoms with Crippen LogP contribution in [0.4, 0.5) is 11.4 Å². The molecule has 1 fully saturated rings. The van der Waals surface area contributed by atoms with Gasteiger partial charge in [-0.15, -0.1) is 12.4 Å². The number of nitrogens with zero attached hydrogens (tertiary/aromatic N) is 2. The first-order valence-electron chi connectivity index (χ1n) is 7.91. The van der Waals surface area contributed by atoms with Crippen molar-refractivity contribution in [1.82, 2.24) is 4.90 Å². The summed E-state index contributed by atoms with van der Waals surface area (Å²) in [4.78, 5) is 24.9. The molecule has 0 aliphatic carbocycles. The largest absolute Gasteiger partial charge is 0.496 e. The molecule has 1 aliphatic rings.